The van der Waals surface area contributed by atoms with Gasteiger partial charge in [0.2, 0.25) is 0 Å². The second-order valence-electron chi connectivity index (χ2n) is 20.6. The van der Waals surface area contributed by atoms with Crippen molar-refractivity contribution in [3.05, 3.63) is 292 Å². The van der Waals surface area contributed by atoms with Crippen LogP contribution in [0.25, 0.3) is 143 Å². The molecular weight excluding hydrogens is 973 g/mol. The van der Waals surface area contributed by atoms with Crippen LogP contribution in [0.1, 0.15) is 0 Å². The normalized spacial score (nSPS) is 11.8. The van der Waals surface area contributed by atoms with Gasteiger partial charge in [-0.2, -0.15) is 0 Å². The molecule has 0 saturated heterocycles. The van der Waals surface area contributed by atoms with E-state index in [9.17, 15) is 0 Å². The Morgan fingerprint density at radius 2 is 0.613 bits per heavy atom. The monoisotopic (exact) mass is 1020 g/mol. The molecule has 17 aromatic rings. The summed E-state index contributed by atoms with van der Waals surface area (Å²) >= 11 is 0. The van der Waals surface area contributed by atoms with Crippen molar-refractivity contribution in [3.8, 4) is 45.0 Å². The molecule has 6 heterocycles. The van der Waals surface area contributed by atoms with E-state index in [-0.39, 0.29) is 0 Å². The summed E-state index contributed by atoms with van der Waals surface area (Å²) in [7, 11) is 0. The van der Waals surface area contributed by atoms with Gasteiger partial charge in [0.05, 0.1) is 44.1 Å². The average Bonchev–Trinajstić information content (AvgIpc) is 4.37. The van der Waals surface area contributed by atoms with Crippen molar-refractivity contribution in [3.63, 3.8) is 0 Å². The molecule has 0 saturated carbocycles. The van der Waals surface area contributed by atoms with Crippen LogP contribution in [0.4, 0.5) is 0 Å². The smallest absolute Gasteiger partial charge is 0.0572 e. The third-order valence-corrected chi connectivity index (χ3v) is 16.2. The highest BCUT2D eigenvalue weighted by atomic mass is 15.0. The first-order chi connectivity index (χ1) is 39.7. The number of pyridine rings is 2. The molecule has 0 unspecified atom stereocenters. The highest BCUT2D eigenvalue weighted by Gasteiger charge is 2.21. The van der Waals surface area contributed by atoms with Gasteiger partial charge < -0.3 is 18.3 Å². The van der Waals surface area contributed by atoms with Crippen molar-refractivity contribution in [1.29, 1.82) is 0 Å². The molecule has 374 valence electrons. The SMILES string of the molecule is c1ccc(-n2c3ccccc3c3cc(-c4cccc5c4c4cnccc4n5-c4ccccc4)ccc32)cc1.c1ccc(-n2c3ccncc3c3c(-c4ccc5c(c4)c4ccccc4n5-c4ccc5ccccc5c4)cccc32)cc1. The zero-order chi connectivity index (χ0) is 52.7. The zero-order valence-corrected chi connectivity index (χ0v) is 43.4. The fraction of sp³-hybridized carbons (Fsp3) is 0. The Kier molecular flexibility index (Phi) is 10.5. The minimum atomic E-state index is 1.15. The van der Waals surface area contributed by atoms with Crippen LogP contribution in [0.15, 0.2) is 292 Å². The predicted octanol–water partition coefficient (Wildman–Crippen LogP) is 19.0. The molecular formula is C74H48N6. The molecule has 0 aliphatic carbocycles. The molecule has 0 spiro atoms. The van der Waals surface area contributed by atoms with Gasteiger partial charge in [0.15, 0.2) is 0 Å². The summed E-state index contributed by atoms with van der Waals surface area (Å²) in [4.78, 5) is 9.05. The van der Waals surface area contributed by atoms with Crippen LogP contribution in [0.2, 0.25) is 0 Å². The zero-order valence-electron chi connectivity index (χ0n) is 43.4. The number of para-hydroxylation sites is 5. The summed E-state index contributed by atoms with van der Waals surface area (Å²) in [6, 6.07) is 95.8. The molecule has 0 atom stereocenters. The molecule has 0 radical (unpaired) electrons. The molecule has 6 aromatic heterocycles. The lowest BCUT2D eigenvalue weighted by Crippen LogP contribution is -1.94. The Morgan fingerprint density at radius 3 is 1.11 bits per heavy atom. The fourth-order valence-electron chi connectivity index (χ4n) is 12.7. The molecule has 0 N–H and O–H groups in total. The Labute approximate surface area is 460 Å². The van der Waals surface area contributed by atoms with E-state index in [1.807, 2.05) is 24.8 Å². The molecule has 11 aromatic carbocycles. The van der Waals surface area contributed by atoms with Crippen LogP contribution in [0, 0.1) is 0 Å². The van der Waals surface area contributed by atoms with Gasteiger partial charge in [-0.15, -0.1) is 0 Å². The van der Waals surface area contributed by atoms with E-state index in [0.717, 1.165) is 33.2 Å². The van der Waals surface area contributed by atoms with Crippen molar-refractivity contribution in [1.82, 2.24) is 28.2 Å². The van der Waals surface area contributed by atoms with E-state index in [4.69, 9.17) is 0 Å². The second kappa shape index (κ2) is 18.4. The van der Waals surface area contributed by atoms with Crippen molar-refractivity contribution in [2.45, 2.75) is 0 Å². The molecule has 0 aliphatic heterocycles. The molecule has 0 bridgehead atoms. The predicted molar refractivity (Wildman–Crippen MR) is 334 cm³/mol. The van der Waals surface area contributed by atoms with Crippen LogP contribution in [0.3, 0.4) is 0 Å². The second-order valence-corrected chi connectivity index (χ2v) is 20.6. The molecule has 0 amide bonds. The molecule has 80 heavy (non-hydrogen) atoms. The topological polar surface area (TPSA) is 45.5 Å². The lowest BCUT2D eigenvalue weighted by atomic mass is 9.98. The minimum Gasteiger partial charge on any atom is -0.309 e. The minimum absolute atomic E-state index is 1.15. The third-order valence-electron chi connectivity index (χ3n) is 16.2. The van der Waals surface area contributed by atoms with E-state index >= 15 is 0 Å². The van der Waals surface area contributed by atoms with Gasteiger partial charge in [0.25, 0.3) is 0 Å². The van der Waals surface area contributed by atoms with Crippen molar-refractivity contribution in [2.24, 2.45) is 0 Å². The Balaban J connectivity index is 0.000000133. The Hall–Kier alpha value is -10.8. The van der Waals surface area contributed by atoms with Gasteiger partial charge in [0.1, 0.15) is 0 Å². The Morgan fingerprint density at radius 1 is 0.225 bits per heavy atom. The maximum Gasteiger partial charge on any atom is 0.0572 e. The van der Waals surface area contributed by atoms with Crippen molar-refractivity contribution >= 4 is 98.0 Å². The van der Waals surface area contributed by atoms with Gasteiger partial charge in [0, 0.05) is 90.6 Å². The number of hydrogen-bond donors (Lipinski definition) is 0. The van der Waals surface area contributed by atoms with Gasteiger partial charge in [-0.3, -0.25) is 9.97 Å². The molecule has 6 heteroatoms. The lowest BCUT2D eigenvalue weighted by molar-refractivity contribution is 1.17. The average molecular weight is 1020 g/mol. The van der Waals surface area contributed by atoms with Crippen LogP contribution in [-0.2, 0) is 0 Å². The maximum absolute atomic E-state index is 4.54. The van der Waals surface area contributed by atoms with Crippen LogP contribution >= 0.6 is 0 Å². The van der Waals surface area contributed by atoms with Gasteiger partial charge in [-0.05, 0) is 142 Å². The van der Waals surface area contributed by atoms with Crippen LogP contribution in [0.5, 0.6) is 0 Å². The number of benzene rings is 11. The first kappa shape index (κ1) is 45.4. The van der Waals surface area contributed by atoms with E-state index in [1.165, 1.54) is 110 Å². The van der Waals surface area contributed by atoms with E-state index in [1.54, 1.807) is 0 Å². The van der Waals surface area contributed by atoms with E-state index < -0.39 is 0 Å². The Bertz CT molecular complexity index is 5240. The number of nitrogens with zero attached hydrogens (tertiary/aromatic N) is 6. The first-order valence-electron chi connectivity index (χ1n) is 27.2. The summed E-state index contributed by atoms with van der Waals surface area (Å²) in [5.74, 6) is 0. The fourth-order valence-corrected chi connectivity index (χ4v) is 12.7. The molecule has 17 rings (SSSR count). The largest absolute Gasteiger partial charge is 0.309 e. The number of hydrogen-bond acceptors (Lipinski definition) is 2. The third kappa shape index (κ3) is 7.13. The van der Waals surface area contributed by atoms with Gasteiger partial charge in [-0.25, -0.2) is 0 Å². The van der Waals surface area contributed by atoms with Crippen molar-refractivity contribution in [2.75, 3.05) is 0 Å². The molecule has 0 aliphatic rings. The molecule has 6 nitrogen and oxygen atoms in total. The summed E-state index contributed by atoms with van der Waals surface area (Å²) in [6.45, 7) is 0. The van der Waals surface area contributed by atoms with Crippen LogP contribution < -0.4 is 0 Å². The summed E-state index contributed by atoms with van der Waals surface area (Å²) in [5.41, 5.74) is 19.0. The quantitative estimate of drug-likeness (QED) is 0.167. The summed E-state index contributed by atoms with van der Waals surface area (Å²) in [5, 5.41) is 12.3. The van der Waals surface area contributed by atoms with E-state index in [2.05, 4.69) is 295 Å². The summed E-state index contributed by atoms with van der Waals surface area (Å²) < 4.78 is 9.45. The van der Waals surface area contributed by atoms with Crippen molar-refractivity contribution < 1.29 is 0 Å². The van der Waals surface area contributed by atoms with Crippen LogP contribution in [-0.4, -0.2) is 28.2 Å². The standard InChI is InChI=1S/C39H25N3.C35H23N3/c1-2-11-29(12-3-1)41-37-21-22-40-25-34(37)39-31(14-8-16-38(39)41)28-18-20-36-33(24-28)32-13-6-7-15-35(32)42(36)30-19-17-26-9-4-5-10-27(26)23-30;1-3-10-25(11-4-1)37-31-16-8-7-14-28(31)29-22-24(18-19-32(29)37)27-15-9-17-34-35(27)30-23-36-21-20-33(30)38(34)26-12-5-2-6-13-26/h1-25H;1-23H. The molecule has 0 fully saturated rings. The number of rotatable bonds is 6. The van der Waals surface area contributed by atoms with Gasteiger partial charge in [-0.1, -0.05) is 158 Å². The highest BCUT2D eigenvalue weighted by Crippen LogP contribution is 2.43. The lowest BCUT2D eigenvalue weighted by Gasteiger charge is -2.10. The highest BCUT2D eigenvalue weighted by molar-refractivity contribution is 6.19. The number of fused-ring (bicyclic) bond motifs is 13. The van der Waals surface area contributed by atoms with E-state index in [0.29, 0.717) is 0 Å². The number of aromatic nitrogens is 6. The maximum atomic E-state index is 4.54. The first-order valence-corrected chi connectivity index (χ1v) is 27.2. The summed E-state index contributed by atoms with van der Waals surface area (Å²) in [6.07, 6.45) is 7.77. The van der Waals surface area contributed by atoms with Gasteiger partial charge >= 0.3 is 0 Å².